The second-order valence-corrected chi connectivity index (χ2v) is 4.81. The minimum absolute atomic E-state index is 0.496. The van der Waals surface area contributed by atoms with Gasteiger partial charge in [0.25, 0.3) is 0 Å². The Labute approximate surface area is 44.8 Å². The van der Waals surface area contributed by atoms with E-state index in [1.807, 2.05) is 0 Å². The van der Waals surface area contributed by atoms with Crippen LogP contribution < -0.4 is 0 Å². The number of hydrogen-bond acceptors (Lipinski definition) is 1. The molecule has 0 aliphatic heterocycles. The van der Waals surface area contributed by atoms with Crippen molar-refractivity contribution in [1.82, 2.24) is 0 Å². The predicted molar refractivity (Wildman–Crippen MR) is 30.2 cm³/mol. The van der Waals surface area contributed by atoms with Gasteiger partial charge < -0.3 is 4.43 Å². The third-order valence-corrected chi connectivity index (χ3v) is 1.46. The largest absolute Gasteiger partial charge is 0.392 e. The highest BCUT2D eigenvalue weighted by Crippen LogP contribution is 2.02. The lowest BCUT2D eigenvalue weighted by atomic mass is 10.9. The standard InChI is InChI=1S/C4H11FOSi/c1-4-6-7(2,3)5/h4H2,1-3H3. The van der Waals surface area contributed by atoms with E-state index in [4.69, 9.17) is 4.43 Å². The summed E-state index contributed by atoms with van der Waals surface area (Å²) in [5, 5.41) is 0. The molecule has 0 aromatic heterocycles. The average molecular weight is 122 g/mol. The van der Waals surface area contributed by atoms with E-state index in [9.17, 15) is 4.11 Å². The van der Waals surface area contributed by atoms with Crippen molar-refractivity contribution in [2.75, 3.05) is 6.61 Å². The van der Waals surface area contributed by atoms with Crippen LogP contribution in [0.2, 0.25) is 13.1 Å². The summed E-state index contributed by atoms with van der Waals surface area (Å²) in [6.45, 7) is 5.34. The zero-order valence-corrected chi connectivity index (χ0v) is 5.99. The van der Waals surface area contributed by atoms with Gasteiger partial charge in [-0.25, -0.2) is 0 Å². The molecule has 0 saturated carbocycles. The lowest BCUT2D eigenvalue weighted by molar-refractivity contribution is 0.294. The van der Waals surface area contributed by atoms with E-state index in [2.05, 4.69) is 0 Å². The molecular formula is C4H11FOSi. The van der Waals surface area contributed by atoms with Gasteiger partial charge in [-0.1, -0.05) is 0 Å². The van der Waals surface area contributed by atoms with Crippen molar-refractivity contribution in [2.24, 2.45) is 0 Å². The van der Waals surface area contributed by atoms with Gasteiger partial charge in [0.1, 0.15) is 0 Å². The van der Waals surface area contributed by atoms with Crippen LogP contribution in [0.1, 0.15) is 6.92 Å². The molecule has 0 aliphatic carbocycles. The van der Waals surface area contributed by atoms with Crippen molar-refractivity contribution < 1.29 is 8.53 Å². The van der Waals surface area contributed by atoms with Gasteiger partial charge in [0, 0.05) is 6.61 Å². The highest BCUT2D eigenvalue weighted by molar-refractivity contribution is 6.63. The zero-order chi connectivity index (χ0) is 5.91. The summed E-state index contributed by atoms with van der Waals surface area (Å²) in [5.41, 5.74) is 0. The van der Waals surface area contributed by atoms with Crippen molar-refractivity contribution in [3.8, 4) is 0 Å². The molecule has 1 nitrogen and oxygen atoms in total. The molecule has 0 bridgehead atoms. The molecule has 0 aliphatic rings. The van der Waals surface area contributed by atoms with E-state index in [1.165, 1.54) is 13.1 Å². The second kappa shape index (κ2) is 2.42. The molecule has 0 amide bonds. The maximum absolute atomic E-state index is 12.3. The van der Waals surface area contributed by atoms with E-state index < -0.39 is 8.65 Å². The number of hydrogen-bond donors (Lipinski definition) is 0. The van der Waals surface area contributed by atoms with Gasteiger partial charge in [0.15, 0.2) is 0 Å². The van der Waals surface area contributed by atoms with Crippen LogP contribution in [0.25, 0.3) is 0 Å². The summed E-state index contributed by atoms with van der Waals surface area (Å²) in [6, 6.07) is 0. The smallest absolute Gasteiger partial charge is 0.377 e. The van der Waals surface area contributed by atoms with Gasteiger partial charge in [0.05, 0.1) is 0 Å². The van der Waals surface area contributed by atoms with Gasteiger partial charge in [-0.05, 0) is 20.0 Å². The molecule has 0 atom stereocenters. The summed E-state index contributed by atoms with van der Waals surface area (Å²) in [5.74, 6) is 0. The minimum atomic E-state index is -2.66. The zero-order valence-electron chi connectivity index (χ0n) is 4.99. The molecule has 3 heteroatoms. The quantitative estimate of drug-likeness (QED) is 0.400. The van der Waals surface area contributed by atoms with Crippen LogP contribution in [0.15, 0.2) is 0 Å². The summed E-state index contributed by atoms with van der Waals surface area (Å²) in [7, 11) is -2.66. The number of halogens is 1. The summed E-state index contributed by atoms with van der Waals surface area (Å²) in [6.07, 6.45) is 0. The van der Waals surface area contributed by atoms with Gasteiger partial charge in [0.2, 0.25) is 0 Å². The lowest BCUT2D eigenvalue weighted by Gasteiger charge is -2.08. The summed E-state index contributed by atoms with van der Waals surface area (Å²) in [4.78, 5) is 0. The summed E-state index contributed by atoms with van der Waals surface area (Å²) < 4.78 is 17.0. The molecule has 0 spiro atoms. The average Bonchev–Trinajstić information content (AvgIpc) is 1.30. The van der Waals surface area contributed by atoms with Gasteiger partial charge >= 0.3 is 8.65 Å². The van der Waals surface area contributed by atoms with Crippen LogP contribution >= 0.6 is 0 Å². The SMILES string of the molecule is CCO[Si](C)(C)F. The van der Waals surface area contributed by atoms with Crippen molar-refractivity contribution in [3.63, 3.8) is 0 Å². The molecule has 0 heterocycles. The molecule has 0 unspecified atom stereocenters. The third-order valence-electron chi connectivity index (χ3n) is 0.488. The van der Waals surface area contributed by atoms with Crippen LogP contribution in [-0.4, -0.2) is 15.3 Å². The Morgan fingerprint density at radius 2 is 2.00 bits per heavy atom. The van der Waals surface area contributed by atoms with Crippen LogP contribution in [0.3, 0.4) is 0 Å². The minimum Gasteiger partial charge on any atom is -0.392 e. The van der Waals surface area contributed by atoms with Crippen LogP contribution in [-0.2, 0) is 4.43 Å². The molecule has 0 aromatic carbocycles. The van der Waals surface area contributed by atoms with Gasteiger partial charge in [-0.2, -0.15) is 0 Å². The fourth-order valence-corrected chi connectivity index (χ4v) is 1.03. The molecule has 0 fully saturated rings. The van der Waals surface area contributed by atoms with Crippen molar-refractivity contribution in [1.29, 1.82) is 0 Å². The Hall–Kier alpha value is 0.107. The van der Waals surface area contributed by atoms with E-state index in [1.54, 1.807) is 6.92 Å². The molecule has 7 heavy (non-hydrogen) atoms. The third kappa shape index (κ3) is 6.11. The molecule has 0 saturated heterocycles. The molecular weight excluding hydrogens is 111 g/mol. The fourth-order valence-electron chi connectivity index (χ4n) is 0.343. The maximum Gasteiger partial charge on any atom is 0.377 e. The Balaban J connectivity index is 3.15. The number of rotatable bonds is 2. The van der Waals surface area contributed by atoms with Crippen LogP contribution in [0, 0.1) is 0 Å². The fraction of sp³-hybridized carbons (Fsp3) is 1.00. The lowest BCUT2D eigenvalue weighted by Crippen LogP contribution is -2.23. The normalized spacial score (nSPS) is 12.0. The molecule has 0 N–H and O–H groups in total. The maximum atomic E-state index is 12.3. The Kier molecular flexibility index (Phi) is 2.46. The van der Waals surface area contributed by atoms with Crippen LogP contribution in [0.5, 0.6) is 0 Å². The molecule has 0 aromatic rings. The first-order valence-corrected chi connectivity index (χ1v) is 5.18. The topological polar surface area (TPSA) is 9.23 Å². The van der Waals surface area contributed by atoms with Gasteiger partial charge in [-0.15, -0.1) is 0 Å². The van der Waals surface area contributed by atoms with E-state index >= 15 is 0 Å². The molecule has 0 radical (unpaired) electrons. The Morgan fingerprint density at radius 3 is 2.00 bits per heavy atom. The Bertz CT molecular complexity index is 50.1. The molecule has 44 valence electrons. The van der Waals surface area contributed by atoms with E-state index in [0.717, 1.165) is 0 Å². The van der Waals surface area contributed by atoms with Gasteiger partial charge in [-0.3, -0.25) is 4.11 Å². The Morgan fingerprint density at radius 1 is 1.57 bits per heavy atom. The van der Waals surface area contributed by atoms with Crippen LogP contribution in [0.4, 0.5) is 4.11 Å². The second-order valence-electron chi connectivity index (χ2n) is 1.80. The summed E-state index contributed by atoms with van der Waals surface area (Å²) >= 11 is 0. The van der Waals surface area contributed by atoms with E-state index in [0.29, 0.717) is 6.61 Å². The van der Waals surface area contributed by atoms with Crippen molar-refractivity contribution in [3.05, 3.63) is 0 Å². The predicted octanol–water partition coefficient (Wildman–Crippen LogP) is 1.69. The molecule has 0 rings (SSSR count). The highest BCUT2D eigenvalue weighted by Gasteiger charge is 2.19. The van der Waals surface area contributed by atoms with Crippen molar-refractivity contribution in [2.45, 2.75) is 20.0 Å². The first kappa shape index (κ1) is 7.11. The first-order valence-electron chi connectivity index (χ1n) is 2.39. The first-order chi connectivity index (χ1) is 3.06. The van der Waals surface area contributed by atoms with E-state index in [-0.39, 0.29) is 0 Å². The monoisotopic (exact) mass is 122 g/mol. The highest BCUT2D eigenvalue weighted by atomic mass is 28.4. The van der Waals surface area contributed by atoms with Crippen molar-refractivity contribution >= 4 is 8.65 Å².